The number of aryl methyl sites for hydroxylation is 1. The minimum absolute atomic E-state index is 0.0878. The van der Waals surface area contributed by atoms with Gasteiger partial charge in [0.15, 0.2) is 18.8 Å². The summed E-state index contributed by atoms with van der Waals surface area (Å²) in [5.74, 6) is 1.71. The summed E-state index contributed by atoms with van der Waals surface area (Å²) in [6, 6.07) is 24.7. The van der Waals surface area contributed by atoms with Gasteiger partial charge in [0.05, 0.1) is 5.52 Å². The Morgan fingerprint density at radius 1 is 1.00 bits per heavy atom. The molecule has 0 radical (unpaired) electrons. The van der Waals surface area contributed by atoms with E-state index in [1.54, 1.807) is 0 Å². The molecule has 0 spiro atoms. The zero-order chi connectivity index (χ0) is 30.5. The second kappa shape index (κ2) is 13.5. The molecule has 1 fully saturated rings. The van der Waals surface area contributed by atoms with Gasteiger partial charge < -0.3 is 18.8 Å². The molecular formula is C36H44N4O3Si. The zero-order valence-electron chi connectivity index (χ0n) is 26.5. The summed E-state index contributed by atoms with van der Waals surface area (Å²) in [6.45, 7) is 11.8. The van der Waals surface area contributed by atoms with Gasteiger partial charge in [-0.15, -0.1) is 0 Å². The number of nitrogens with zero attached hydrogens (tertiary/aromatic N) is 4. The minimum Gasteiger partial charge on any atom is -0.468 e. The van der Waals surface area contributed by atoms with Crippen molar-refractivity contribution < 1.29 is 14.2 Å². The van der Waals surface area contributed by atoms with Gasteiger partial charge in [0, 0.05) is 45.6 Å². The number of hydrogen-bond acceptors (Lipinski definition) is 5. The maximum absolute atomic E-state index is 6.26. The number of benzene rings is 3. The number of imidazole rings is 1. The van der Waals surface area contributed by atoms with Gasteiger partial charge in [0.25, 0.3) is 0 Å². The van der Waals surface area contributed by atoms with Crippen molar-refractivity contribution in [2.45, 2.75) is 71.1 Å². The van der Waals surface area contributed by atoms with Crippen molar-refractivity contribution in [3.63, 3.8) is 0 Å². The predicted octanol–water partition coefficient (Wildman–Crippen LogP) is 8.57. The first-order chi connectivity index (χ1) is 21.4. The summed E-state index contributed by atoms with van der Waals surface area (Å²) in [5, 5.41) is 6.27. The summed E-state index contributed by atoms with van der Waals surface area (Å²) >= 11 is 0. The van der Waals surface area contributed by atoms with Gasteiger partial charge in [-0.2, -0.15) is 5.10 Å². The minimum atomic E-state index is -1.11. The lowest BCUT2D eigenvalue weighted by Gasteiger charge is -2.23. The Hall–Kier alpha value is -3.72. The average Bonchev–Trinajstić information content (AvgIpc) is 3.65. The highest BCUT2D eigenvalue weighted by atomic mass is 28.3. The van der Waals surface area contributed by atoms with Crippen LogP contribution in [-0.2, 0) is 22.4 Å². The van der Waals surface area contributed by atoms with Crippen molar-refractivity contribution in [3.8, 4) is 28.4 Å². The summed E-state index contributed by atoms with van der Waals surface area (Å²) in [4.78, 5) is 4.78. The van der Waals surface area contributed by atoms with E-state index in [9.17, 15) is 0 Å². The smallest absolute Gasteiger partial charge is 0.189 e. The second-order valence-corrected chi connectivity index (χ2v) is 18.5. The fraction of sp³-hybridized carbons (Fsp3) is 0.389. The summed E-state index contributed by atoms with van der Waals surface area (Å²) in [6.07, 6.45) is 7.88. The van der Waals surface area contributed by atoms with Crippen molar-refractivity contribution in [2.75, 3.05) is 20.0 Å². The van der Waals surface area contributed by atoms with E-state index >= 15 is 0 Å². The summed E-state index contributed by atoms with van der Waals surface area (Å²) in [5.41, 5.74) is 6.77. The van der Waals surface area contributed by atoms with Crippen LogP contribution < -0.4 is 4.74 Å². The lowest BCUT2D eigenvalue weighted by atomic mass is 9.96. The number of aromatic nitrogens is 4. The Labute approximate surface area is 261 Å². The van der Waals surface area contributed by atoms with Crippen LogP contribution in [0.5, 0.6) is 5.75 Å². The fourth-order valence-electron chi connectivity index (χ4n) is 5.82. The lowest BCUT2D eigenvalue weighted by molar-refractivity contribution is -0.0365. The van der Waals surface area contributed by atoms with Crippen LogP contribution in [0.15, 0.2) is 79.1 Å². The maximum atomic E-state index is 6.26. The van der Waals surface area contributed by atoms with E-state index in [1.165, 1.54) is 16.7 Å². The maximum Gasteiger partial charge on any atom is 0.189 e. The number of rotatable bonds is 12. The molecular weight excluding hydrogens is 565 g/mol. The Kier molecular flexibility index (Phi) is 9.30. The molecule has 5 aromatic rings. The Balaban J connectivity index is 1.32. The van der Waals surface area contributed by atoms with Crippen LogP contribution in [0.3, 0.4) is 0 Å². The highest BCUT2D eigenvalue weighted by Gasteiger charge is 2.24. The highest BCUT2D eigenvalue weighted by molar-refractivity contribution is 6.76. The third-order valence-corrected chi connectivity index (χ3v) is 10.0. The Morgan fingerprint density at radius 2 is 1.86 bits per heavy atom. The van der Waals surface area contributed by atoms with Gasteiger partial charge in [-0.3, -0.25) is 0 Å². The number of hydrogen-bond donors (Lipinski definition) is 0. The second-order valence-electron chi connectivity index (χ2n) is 12.9. The molecule has 1 aliphatic heterocycles. The third kappa shape index (κ3) is 6.98. The first kappa shape index (κ1) is 30.3. The van der Waals surface area contributed by atoms with Gasteiger partial charge in [-0.05, 0) is 78.2 Å². The Bertz CT molecular complexity index is 1680. The molecule has 0 aliphatic carbocycles. The Morgan fingerprint density at radius 3 is 2.64 bits per heavy atom. The van der Waals surface area contributed by atoms with Crippen LogP contribution >= 0.6 is 0 Å². The van der Waals surface area contributed by atoms with Gasteiger partial charge in [0.2, 0.25) is 0 Å². The molecule has 7 nitrogen and oxygen atoms in total. The molecule has 3 heterocycles. The zero-order valence-corrected chi connectivity index (χ0v) is 27.5. The van der Waals surface area contributed by atoms with Gasteiger partial charge in [-0.1, -0.05) is 69.0 Å². The van der Waals surface area contributed by atoms with E-state index in [-0.39, 0.29) is 13.0 Å². The molecule has 1 aliphatic rings. The first-order valence-electron chi connectivity index (χ1n) is 15.9. The van der Waals surface area contributed by atoms with Crippen LogP contribution in [0.4, 0.5) is 0 Å². The average molecular weight is 609 g/mol. The predicted molar refractivity (Wildman–Crippen MR) is 180 cm³/mol. The molecule has 230 valence electrons. The third-order valence-electron chi connectivity index (χ3n) is 8.33. The van der Waals surface area contributed by atoms with Crippen molar-refractivity contribution in [1.29, 1.82) is 0 Å². The highest BCUT2D eigenvalue weighted by Crippen LogP contribution is 2.36. The molecule has 0 N–H and O–H groups in total. The van der Waals surface area contributed by atoms with E-state index in [1.807, 2.05) is 24.5 Å². The molecule has 44 heavy (non-hydrogen) atoms. The largest absolute Gasteiger partial charge is 0.468 e. The molecule has 6 rings (SSSR count). The van der Waals surface area contributed by atoms with Crippen LogP contribution in [0.25, 0.3) is 33.5 Å². The quantitative estimate of drug-likeness (QED) is 0.0807. The van der Waals surface area contributed by atoms with E-state index < -0.39 is 8.07 Å². The molecule has 3 aromatic carbocycles. The topological polar surface area (TPSA) is 63.3 Å². The van der Waals surface area contributed by atoms with Crippen molar-refractivity contribution in [1.82, 2.24) is 19.3 Å². The molecule has 2 aromatic heterocycles. The van der Waals surface area contributed by atoms with Crippen LogP contribution in [0, 0.1) is 0 Å². The first-order valence-corrected chi connectivity index (χ1v) is 19.6. The van der Waals surface area contributed by atoms with E-state index in [0.717, 1.165) is 85.2 Å². The van der Waals surface area contributed by atoms with Gasteiger partial charge in [-0.25, -0.2) is 9.67 Å². The molecule has 8 heteroatoms. The number of fused-ring (bicyclic) bond motifs is 1. The number of ether oxygens (including phenoxy) is 3. The van der Waals surface area contributed by atoms with E-state index in [2.05, 4.69) is 90.4 Å². The van der Waals surface area contributed by atoms with Crippen molar-refractivity contribution in [2.24, 2.45) is 0 Å². The molecule has 0 saturated carbocycles. The van der Waals surface area contributed by atoms with Crippen LogP contribution in [-0.4, -0.2) is 47.4 Å². The van der Waals surface area contributed by atoms with Crippen molar-refractivity contribution in [3.05, 3.63) is 90.3 Å². The molecule has 0 bridgehead atoms. The lowest BCUT2D eigenvalue weighted by Crippen LogP contribution is -2.22. The molecule has 1 saturated heterocycles. The van der Waals surface area contributed by atoms with E-state index in [4.69, 9.17) is 24.3 Å². The molecule has 1 unspecified atom stereocenters. The van der Waals surface area contributed by atoms with Crippen molar-refractivity contribution >= 4 is 19.0 Å². The van der Waals surface area contributed by atoms with Crippen LogP contribution in [0.2, 0.25) is 25.7 Å². The van der Waals surface area contributed by atoms with E-state index in [0.29, 0.717) is 0 Å². The SMILES string of the molecule is CCc1cc(OCOCC[Si](C)(C)C)ccc1-c1ccc2c(-c3nccn3Cc3ccccc3)nn(C3CCCCO3)c2c1. The summed E-state index contributed by atoms with van der Waals surface area (Å²) in [7, 11) is -1.11. The normalized spacial score (nSPS) is 15.6. The fourth-order valence-corrected chi connectivity index (χ4v) is 6.58. The monoisotopic (exact) mass is 608 g/mol. The van der Waals surface area contributed by atoms with Gasteiger partial charge in [0.1, 0.15) is 11.4 Å². The molecule has 0 amide bonds. The standard InChI is InChI=1S/C36H44N4O3Si/c1-5-28-23-30(43-26-41-21-22-44(2,3)4)15-17-31(28)29-14-16-32-33(24-29)40(34-13-9-10-20-42-34)38-35(32)36-37-18-19-39(36)25-27-11-7-6-8-12-27/h6-8,11-12,14-19,23-24,34H,5,9-10,13,20-22,25-26H2,1-4H3. The molecule has 1 atom stereocenters. The van der Waals surface area contributed by atoms with Gasteiger partial charge >= 0.3 is 0 Å². The van der Waals surface area contributed by atoms with Crippen LogP contribution in [0.1, 0.15) is 43.5 Å². The summed E-state index contributed by atoms with van der Waals surface area (Å²) < 4.78 is 22.3.